The van der Waals surface area contributed by atoms with Gasteiger partial charge in [0.1, 0.15) is 5.02 Å². The molecular weight excluding hydrogens is 282 g/mol. The lowest BCUT2D eigenvalue weighted by atomic mass is 10.2. The molecule has 1 fully saturated rings. The van der Waals surface area contributed by atoms with Crippen LogP contribution < -0.4 is 10.9 Å². The number of aromatic nitrogens is 2. The van der Waals surface area contributed by atoms with E-state index in [4.69, 9.17) is 21.1 Å². The molecule has 6 nitrogen and oxygen atoms in total. The van der Waals surface area contributed by atoms with Gasteiger partial charge in [0.15, 0.2) is 0 Å². The highest BCUT2D eigenvalue weighted by atomic mass is 35.5. The van der Waals surface area contributed by atoms with E-state index in [0.29, 0.717) is 44.5 Å². The van der Waals surface area contributed by atoms with Crippen LogP contribution in [0.1, 0.15) is 13.8 Å². The molecule has 0 bridgehead atoms. The molecule has 1 aliphatic heterocycles. The van der Waals surface area contributed by atoms with Crippen molar-refractivity contribution in [2.24, 2.45) is 5.92 Å². The first-order chi connectivity index (χ1) is 9.58. The van der Waals surface area contributed by atoms with E-state index in [0.717, 1.165) is 0 Å². The van der Waals surface area contributed by atoms with Crippen molar-refractivity contribution in [1.29, 1.82) is 0 Å². The molecule has 0 spiro atoms. The van der Waals surface area contributed by atoms with E-state index in [1.165, 1.54) is 4.68 Å². The lowest BCUT2D eigenvalue weighted by Gasteiger charge is -2.23. The molecule has 1 aliphatic rings. The van der Waals surface area contributed by atoms with Gasteiger partial charge in [-0.05, 0) is 5.92 Å². The van der Waals surface area contributed by atoms with E-state index in [2.05, 4.69) is 10.4 Å². The quantitative estimate of drug-likeness (QED) is 0.890. The van der Waals surface area contributed by atoms with Crippen LogP contribution in [0.5, 0.6) is 0 Å². The zero-order chi connectivity index (χ0) is 14.5. The molecule has 2 heterocycles. The summed E-state index contributed by atoms with van der Waals surface area (Å²) in [6.07, 6.45) is 1.55. The number of hydrogen-bond donors (Lipinski definition) is 1. The summed E-state index contributed by atoms with van der Waals surface area (Å²) in [5.74, 6) is 0.336. The molecule has 1 saturated heterocycles. The van der Waals surface area contributed by atoms with Crippen molar-refractivity contribution in [2.75, 3.05) is 31.7 Å². The Bertz CT molecular complexity index is 498. The van der Waals surface area contributed by atoms with E-state index in [9.17, 15) is 4.79 Å². The van der Waals surface area contributed by atoms with E-state index in [1.54, 1.807) is 6.20 Å². The normalized spacial score (nSPS) is 19.3. The van der Waals surface area contributed by atoms with Gasteiger partial charge < -0.3 is 14.8 Å². The predicted molar refractivity (Wildman–Crippen MR) is 77.4 cm³/mol. The number of halogens is 1. The van der Waals surface area contributed by atoms with Crippen molar-refractivity contribution >= 4 is 17.3 Å². The third-order valence-corrected chi connectivity index (χ3v) is 3.29. The summed E-state index contributed by atoms with van der Waals surface area (Å²) in [7, 11) is 0. The minimum atomic E-state index is -0.272. The zero-order valence-corrected chi connectivity index (χ0v) is 12.5. The number of nitrogens with one attached hydrogen (secondary N) is 1. The minimum Gasteiger partial charge on any atom is -0.380 e. The molecule has 1 aromatic rings. The molecule has 1 unspecified atom stereocenters. The second-order valence-corrected chi connectivity index (χ2v) is 5.58. The van der Waals surface area contributed by atoms with Gasteiger partial charge in [0.25, 0.3) is 5.56 Å². The highest BCUT2D eigenvalue weighted by Gasteiger charge is 2.16. The van der Waals surface area contributed by atoms with Crippen molar-refractivity contribution in [3.05, 3.63) is 21.6 Å². The molecule has 0 aromatic carbocycles. The van der Waals surface area contributed by atoms with Crippen molar-refractivity contribution in [3.8, 4) is 0 Å². The standard InChI is InChI=1S/C13H20ClN3O3/c1-9(2)7-17-13(18)12(14)11(6-16-17)15-5-10-8-19-3-4-20-10/h6,9-10,15H,3-5,7-8H2,1-2H3. The number of anilines is 1. The van der Waals surface area contributed by atoms with Crippen molar-refractivity contribution in [2.45, 2.75) is 26.5 Å². The Hall–Kier alpha value is -1.11. The Balaban J connectivity index is 2.01. The van der Waals surface area contributed by atoms with Crippen LogP contribution in [0.3, 0.4) is 0 Å². The molecule has 0 amide bonds. The topological polar surface area (TPSA) is 65.4 Å². The fourth-order valence-electron chi connectivity index (χ4n) is 1.94. The molecule has 0 aliphatic carbocycles. The van der Waals surface area contributed by atoms with Crippen LogP contribution in [0, 0.1) is 5.92 Å². The fraction of sp³-hybridized carbons (Fsp3) is 0.692. The number of nitrogens with zero attached hydrogens (tertiary/aromatic N) is 2. The second-order valence-electron chi connectivity index (χ2n) is 5.20. The van der Waals surface area contributed by atoms with Crippen LogP contribution in [-0.4, -0.2) is 42.2 Å². The second kappa shape index (κ2) is 7.06. The SMILES string of the molecule is CC(C)Cn1ncc(NCC2COCCO2)c(Cl)c1=O. The summed E-state index contributed by atoms with van der Waals surface area (Å²) in [4.78, 5) is 12.0. The Morgan fingerprint density at radius 2 is 2.35 bits per heavy atom. The molecule has 2 rings (SSSR count). The van der Waals surface area contributed by atoms with Gasteiger partial charge in [0.2, 0.25) is 0 Å². The van der Waals surface area contributed by atoms with Gasteiger partial charge in [0.05, 0.1) is 37.8 Å². The van der Waals surface area contributed by atoms with Crippen LogP contribution in [-0.2, 0) is 16.0 Å². The minimum absolute atomic E-state index is 0.0297. The van der Waals surface area contributed by atoms with Gasteiger partial charge in [-0.3, -0.25) is 4.79 Å². The van der Waals surface area contributed by atoms with Gasteiger partial charge in [0, 0.05) is 13.1 Å². The summed E-state index contributed by atoms with van der Waals surface area (Å²) in [6.45, 7) is 6.90. The van der Waals surface area contributed by atoms with Gasteiger partial charge in [-0.25, -0.2) is 4.68 Å². The zero-order valence-electron chi connectivity index (χ0n) is 11.8. The first-order valence-electron chi connectivity index (χ1n) is 6.76. The number of rotatable bonds is 5. The number of hydrogen-bond acceptors (Lipinski definition) is 5. The molecule has 112 valence electrons. The molecule has 1 N–H and O–H groups in total. The molecule has 0 saturated carbocycles. The van der Waals surface area contributed by atoms with E-state index in [-0.39, 0.29) is 16.7 Å². The van der Waals surface area contributed by atoms with E-state index in [1.807, 2.05) is 13.8 Å². The Morgan fingerprint density at radius 3 is 3.00 bits per heavy atom. The fourth-order valence-corrected chi connectivity index (χ4v) is 2.16. The highest BCUT2D eigenvalue weighted by molar-refractivity contribution is 6.32. The van der Waals surface area contributed by atoms with Crippen LogP contribution >= 0.6 is 11.6 Å². The van der Waals surface area contributed by atoms with Crippen molar-refractivity contribution < 1.29 is 9.47 Å². The lowest BCUT2D eigenvalue weighted by molar-refractivity contribution is -0.0818. The third kappa shape index (κ3) is 3.94. The average Bonchev–Trinajstić information content (AvgIpc) is 2.44. The Labute approximate surface area is 123 Å². The van der Waals surface area contributed by atoms with Crippen LogP contribution in [0.2, 0.25) is 5.02 Å². The summed E-state index contributed by atoms with van der Waals surface area (Å²) < 4.78 is 12.2. The van der Waals surface area contributed by atoms with E-state index < -0.39 is 0 Å². The summed E-state index contributed by atoms with van der Waals surface area (Å²) in [5.41, 5.74) is 0.261. The molecular formula is C13H20ClN3O3. The van der Waals surface area contributed by atoms with Crippen LogP contribution in [0.4, 0.5) is 5.69 Å². The first kappa shape index (κ1) is 15.3. The molecule has 20 heavy (non-hydrogen) atoms. The Morgan fingerprint density at radius 1 is 1.55 bits per heavy atom. The molecule has 1 atom stereocenters. The van der Waals surface area contributed by atoms with Crippen LogP contribution in [0.15, 0.2) is 11.0 Å². The van der Waals surface area contributed by atoms with Gasteiger partial charge in [-0.2, -0.15) is 5.10 Å². The maximum absolute atomic E-state index is 12.0. The lowest BCUT2D eigenvalue weighted by Crippen LogP contribution is -2.35. The maximum atomic E-state index is 12.0. The third-order valence-electron chi connectivity index (χ3n) is 2.93. The average molecular weight is 302 g/mol. The van der Waals surface area contributed by atoms with Crippen molar-refractivity contribution in [1.82, 2.24) is 9.78 Å². The van der Waals surface area contributed by atoms with Gasteiger partial charge in [-0.15, -0.1) is 0 Å². The summed E-state index contributed by atoms with van der Waals surface area (Å²) in [6, 6.07) is 0. The van der Waals surface area contributed by atoms with E-state index >= 15 is 0 Å². The highest BCUT2D eigenvalue weighted by Crippen LogP contribution is 2.16. The summed E-state index contributed by atoms with van der Waals surface area (Å²) in [5, 5.41) is 7.38. The smallest absolute Gasteiger partial charge is 0.287 e. The molecule has 0 radical (unpaired) electrons. The largest absolute Gasteiger partial charge is 0.380 e. The maximum Gasteiger partial charge on any atom is 0.287 e. The van der Waals surface area contributed by atoms with Crippen molar-refractivity contribution in [3.63, 3.8) is 0 Å². The monoisotopic (exact) mass is 301 g/mol. The first-order valence-corrected chi connectivity index (χ1v) is 7.14. The Kier molecular flexibility index (Phi) is 5.39. The van der Waals surface area contributed by atoms with Crippen LogP contribution in [0.25, 0.3) is 0 Å². The van der Waals surface area contributed by atoms with Gasteiger partial charge in [-0.1, -0.05) is 25.4 Å². The number of ether oxygens (including phenoxy) is 2. The molecule has 1 aromatic heterocycles. The van der Waals surface area contributed by atoms with Gasteiger partial charge >= 0.3 is 0 Å². The summed E-state index contributed by atoms with van der Waals surface area (Å²) >= 11 is 6.09. The predicted octanol–water partition coefficient (Wildman–Crippen LogP) is 1.38. The molecule has 7 heteroatoms.